The van der Waals surface area contributed by atoms with Gasteiger partial charge in [-0.3, -0.25) is 20.5 Å². The predicted molar refractivity (Wildman–Crippen MR) is 81.8 cm³/mol. The number of piperazine rings is 1. The molecule has 0 aromatic carbocycles. The third kappa shape index (κ3) is 2.73. The molecule has 2 fully saturated rings. The molecule has 0 aliphatic carbocycles. The number of anilines is 1. The summed E-state index contributed by atoms with van der Waals surface area (Å²) in [5, 5.41) is 0. The maximum atomic E-state index is 12.8. The van der Waals surface area contributed by atoms with Gasteiger partial charge in [0.25, 0.3) is 5.91 Å². The quantitative estimate of drug-likeness (QED) is 0.629. The topological polar surface area (TPSA) is 74.5 Å². The van der Waals surface area contributed by atoms with Gasteiger partial charge in [-0.05, 0) is 32.4 Å². The summed E-state index contributed by atoms with van der Waals surface area (Å²) in [5.74, 6) is 5.53. The van der Waals surface area contributed by atoms with Gasteiger partial charge in [0.15, 0.2) is 0 Å². The highest BCUT2D eigenvalue weighted by atomic mass is 16.2. The number of hydrazine groups is 1. The maximum absolute atomic E-state index is 12.8. The van der Waals surface area contributed by atoms with Crippen molar-refractivity contribution in [1.82, 2.24) is 14.8 Å². The lowest BCUT2D eigenvalue weighted by Gasteiger charge is -2.47. The number of carbonyl (C=O) groups is 1. The van der Waals surface area contributed by atoms with Gasteiger partial charge >= 0.3 is 0 Å². The number of fused-ring (bicyclic) bond motifs is 1. The van der Waals surface area contributed by atoms with Crippen molar-refractivity contribution < 1.29 is 4.79 Å². The van der Waals surface area contributed by atoms with Crippen LogP contribution in [0.25, 0.3) is 0 Å². The van der Waals surface area contributed by atoms with Gasteiger partial charge in [0, 0.05) is 31.4 Å². The third-order valence-corrected chi connectivity index (χ3v) is 4.66. The zero-order valence-corrected chi connectivity index (χ0v) is 12.5. The van der Waals surface area contributed by atoms with Crippen LogP contribution in [0.1, 0.15) is 36.5 Å². The molecule has 2 saturated heterocycles. The average molecular weight is 289 g/mol. The van der Waals surface area contributed by atoms with Crippen molar-refractivity contribution in [2.24, 2.45) is 5.84 Å². The van der Waals surface area contributed by atoms with Gasteiger partial charge in [-0.15, -0.1) is 0 Å². The molecule has 6 heteroatoms. The number of carbonyl (C=O) groups excluding carboxylic acids is 1. The molecule has 0 spiro atoms. The van der Waals surface area contributed by atoms with Gasteiger partial charge in [0.1, 0.15) is 0 Å². The third-order valence-electron chi connectivity index (χ3n) is 4.66. The number of nitrogens with one attached hydrogen (secondary N) is 1. The summed E-state index contributed by atoms with van der Waals surface area (Å²) in [6.45, 7) is 5.07. The fraction of sp³-hybridized carbons (Fsp3) is 0.600. The normalized spacial score (nSPS) is 26.3. The van der Waals surface area contributed by atoms with E-state index in [0.29, 0.717) is 17.3 Å². The number of pyridine rings is 1. The lowest BCUT2D eigenvalue weighted by atomic mass is 9.96. The summed E-state index contributed by atoms with van der Waals surface area (Å²) < 4.78 is 0. The first-order valence-electron chi connectivity index (χ1n) is 7.66. The van der Waals surface area contributed by atoms with Crippen LogP contribution in [0.2, 0.25) is 0 Å². The Bertz CT molecular complexity index is 521. The van der Waals surface area contributed by atoms with Crippen LogP contribution in [-0.2, 0) is 0 Å². The predicted octanol–water partition coefficient (Wildman–Crippen LogP) is 1.07. The molecule has 2 unspecified atom stereocenters. The molecule has 21 heavy (non-hydrogen) atoms. The Balaban J connectivity index is 1.80. The molecule has 3 heterocycles. The van der Waals surface area contributed by atoms with E-state index in [-0.39, 0.29) is 11.9 Å². The van der Waals surface area contributed by atoms with Crippen molar-refractivity contribution in [2.45, 2.75) is 38.3 Å². The first-order valence-corrected chi connectivity index (χ1v) is 7.66. The molecule has 2 aliphatic heterocycles. The summed E-state index contributed by atoms with van der Waals surface area (Å²) in [4.78, 5) is 21.4. The van der Waals surface area contributed by atoms with E-state index in [1.54, 1.807) is 18.5 Å². The maximum Gasteiger partial charge on any atom is 0.256 e. The largest absolute Gasteiger partial charge is 0.333 e. The molecule has 0 radical (unpaired) electrons. The highest BCUT2D eigenvalue weighted by Gasteiger charge is 2.35. The number of rotatable bonds is 2. The minimum atomic E-state index is 0.0445. The standard InChI is InChI=1S/C15H23N5O/c1-11-9-19-7-3-2-4-12(19)10-20(11)15(21)13-5-6-17-8-14(13)18-16/h5-6,8,11-12,18H,2-4,7,9-10,16H2,1H3. The monoisotopic (exact) mass is 289 g/mol. The Labute approximate surface area is 125 Å². The van der Waals surface area contributed by atoms with Crippen molar-refractivity contribution in [3.8, 4) is 0 Å². The van der Waals surface area contributed by atoms with Gasteiger partial charge in [-0.25, -0.2) is 0 Å². The minimum Gasteiger partial charge on any atom is -0.333 e. The molecule has 2 aliphatic rings. The molecule has 1 aromatic rings. The Morgan fingerprint density at radius 1 is 1.43 bits per heavy atom. The van der Waals surface area contributed by atoms with Crippen LogP contribution in [0.15, 0.2) is 18.5 Å². The Kier molecular flexibility index (Phi) is 4.07. The zero-order valence-electron chi connectivity index (χ0n) is 12.5. The van der Waals surface area contributed by atoms with Crippen molar-refractivity contribution >= 4 is 11.6 Å². The molecule has 3 N–H and O–H groups in total. The van der Waals surface area contributed by atoms with Crippen LogP contribution >= 0.6 is 0 Å². The smallest absolute Gasteiger partial charge is 0.256 e. The van der Waals surface area contributed by atoms with Crippen LogP contribution in [0.4, 0.5) is 5.69 Å². The molecular weight excluding hydrogens is 266 g/mol. The van der Waals surface area contributed by atoms with Crippen LogP contribution in [-0.4, -0.2) is 52.4 Å². The number of nitrogens with zero attached hydrogens (tertiary/aromatic N) is 3. The average Bonchev–Trinajstić information content (AvgIpc) is 2.53. The molecule has 1 amide bonds. The van der Waals surface area contributed by atoms with Gasteiger partial charge in [0.2, 0.25) is 0 Å². The molecule has 0 saturated carbocycles. The van der Waals surface area contributed by atoms with E-state index >= 15 is 0 Å². The van der Waals surface area contributed by atoms with E-state index in [9.17, 15) is 4.79 Å². The number of aromatic nitrogens is 1. The van der Waals surface area contributed by atoms with Crippen LogP contribution < -0.4 is 11.3 Å². The number of amides is 1. The number of hydrogen-bond donors (Lipinski definition) is 2. The molecule has 3 rings (SSSR count). The highest BCUT2D eigenvalue weighted by Crippen LogP contribution is 2.26. The van der Waals surface area contributed by atoms with Crippen LogP contribution in [0, 0.1) is 0 Å². The molecule has 0 bridgehead atoms. The van der Waals surface area contributed by atoms with E-state index in [2.05, 4.69) is 22.2 Å². The highest BCUT2D eigenvalue weighted by molar-refractivity contribution is 5.99. The fourth-order valence-electron chi connectivity index (χ4n) is 3.49. The minimum absolute atomic E-state index is 0.0445. The van der Waals surface area contributed by atoms with Gasteiger partial charge in [-0.2, -0.15) is 0 Å². The second-order valence-electron chi connectivity index (χ2n) is 6.02. The first kappa shape index (κ1) is 14.3. The molecular formula is C15H23N5O. The van der Waals surface area contributed by atoms with Crippen LogP contribution in [0.3, 0.4) is 0 Å². The Morgan fingerprint density at radius 2 is 2.29 bits per heavy atom. The van der Waals surface area contributed by atoms with Gasteiger partial charge < -0.3 is 10.3 Å². The SMILES string of the molecule is CC1CN2CCCCC2CN1C(=O)c1ccncc1NN. The van der Waals surface area contributed by atoms with E-state index < -0.39 is 0 Å². The fourth-order valence-corrected chi connectivity index (χ4v) is 3.49. The van der Waals surface area contributed by atoms with E-state index in [4.69, 9.17) is 5.84 Å². The number of piperidine rings is 1. The molecule has 6 nitrogen and oxygen atoms in total. The van der Waals surface area contributed by atoms with Gasteiger partial charge in [-0.1, -0.05) is 6.42 Å². The number of nitrogens with two attached hydrogens (primary N) is 1. The van der Waals surface area contributed by atoms with Crippen molar-refractivity contribution in [3.05, 3.63) is 24.0 Å². The first-order chi connectivity index (χ1) is 10.2. The number of hydrogen-bond acceptors (Lipinski definition) is 5. The van der Waals surface area contributed by atoms with Crippen molar-refractivity contribution in [1.29, 1.82) is 0 Å². The van der Waals surface area contributed by atoms with Gasteiger partial charge in [0.05, 0.1) is 17.4 Å². The summed E-state index contributed by atoms with van der Waals surface area (Å²) in [7, 11) is 0. The second kappa shape index (κ2) is 5.99. The summed E-state index contributed by atoms with van der Waals surface area (Å²) in [6.07, 6.45) is 6.96. The van der Waals surface area contributed by atoms with Crippen LogP contribution in [0.5, 0.6) is 0 Å². The number of nitrogen functional groups attached to an aromatic ring is 1. The lowest BCUT2D eigenvalue weighted by molar-refractivity contribution is 0.0152. The Morgan fingerprint density at radius 3 is 3.10 bits per heavy atom. The lowest BCUT2D eigenvalue weighted by Crippen LogP contribution is -2.60. The summed E-state index contributed by atoms with van der Waals surface area (Å²) in [6, 6.07) is 2.47. The van der Waals surface area contributed by atoms with E-state index in [1.807, 2.05) is 4.90 Å². The summed E-state index contributed by atoms with van der Waals surface area (Å²) in [5.41, 5.74) is 3.75. The van der Waals surface area contributed by atoms with E-state index in [1.165, 1.54) is 25.8 Å². The molecule has 2 atom stereocenters. The Hall–Kier alpha value is -1.66. The van der Waals surface area contributed by atoms with E-state index in [0.717, 1.165) is 13.1 Å². The molecule has 1 aromatic heterocycles. The summed E-state index contributed by atoms with van der Waals surface area (Å²) >= 11 is 0. The molecule has 114 valence electrons. The second-order valence-corrected chi connectivity index (χ2v) is 6.02. The van der Waals surface area contributed by atoms with Crippen molar-refractivity contribution in [2.75, 3.05) is 25.1 Å². The van der Waals surface area contributed by atoms with Crippen molar-refractivity contribution in [3.63, 3.8) is 0 Å². The zero-order chi connectivity index (χ0) is 14.8.